The Hall–Kier alpha value is -0.580. The first-order chi connectivity index (χ1) is 8.08. The van der Waals surface area contributed by atoms with Crippen LogP contribution in [0.1, 0.15) is 24.6 Å². The van der Waals surface area contributed by atoms with Crippen molar-refractivity contribution >= 4 is 28.9 Å². The molecule has 0 amide bonds. The zero-order chi connectivity index (χ0) is 12.4. The number of rotatable bonds is 3. The van der Waals surface area contributed by atoms with E-state index in [-0.39, 0.29) is 12.0 Å². The minimum Gasteiger partial charge on any atom is -0.480 e. The molecule has 2 unspecified atom stereocenters. The van der Waals surface area contributed by atoms with E-state index in [4.69, 9.17) is 11.6 Å². The van der Waals surface area contributed by atoms with Crippen LogP contribution >= 0.6 is 22.9 Å². The first-order valence-corrected chi connectivity index (χ1v) is 6.98. The minimum absolute atomic E-state index is 0.219. The van der Waals surface area contributed by atoms with Gasteiger partial charge < -0.3 is 5.11 Å². The van der Waals surface area contributed by atoms with Crippen molar-refractivity contribution in [3.8, 4) is 0 Å². The lowest BCUT2D eigenvalue weighted by atomic mass is 9.91. The first-order valence-electron chi connectivity index (χ1n) is 5.79. The highest BCUT2D eigenvalue weighted by atomic mass is 35.5. The number of carboxylic acids is 1. The third kappa shape index (κ3) is 3.00. The highest BCUT2D eigenvalue weighted by molar-refractivity contribution is 7.16. The summed E-state index contributed by atoms with van der Waals surface area (Å²) < 4.78 is 0.761. The second-order valence-corrected chi connectivity index (χ2v) is 6.38. The zero-order valence-electron chi connectivity index (χ0n) is 9.73. The highest BCUT2D eigenvalue weighted by Gasteiger charge is 2.34. The first kappa shape index (κ1) is 12.9. The molecule has 3 nitrogen and oxygen atoms in total. The lowest BCUT2D eigenvalue weighted by molar-refractivity contribution is -0.147. The van der Waals surface area contributed by atoms with Gasteiger partial charge in [-0.25, -0.2) is 0 Å². The number of hydrogen-bond donors (Lipinski definition) is 1. The Kier molecular flexibility index (Phi) is 4.07. The standard InChI is InChI=1S/C12H16ClNO2S/c1-8-3-2-6-14(11(8)12(15)16)7-9-4-5-10(13)17-9/h4-5,8,11H,2-3,6-7H2,1H3,(H,15,16). The number of carbonyl (C=O) groups is 1. The van der Waals surface area contributed by atoms with Crippen molar-refractivity contribution in [2.24, 2.45) is 5.92 Å². The molecule has 1 fully saturated rings. The largest absolute Gasteiger partial charge is 0.480 e. The molecule has 5 heteroatoms. The topological polar surface area (TPSA) is 40.5 Å². The Labute approximate surface area is 110 Å². The molecule has 0 aromatic carbocycles. The van der Waals surface area contributed by atoms with Crippen LogP contribution in [0, 0.1) is 5.92 Å². The number of thiophene rings is 1. The molecule has 94 valence electrons. The Morgan fingerprint density at radius 2 is 2.41 bits per heavy atom. The summed E-state index contributed by atoms with van der Waals surface area (Å²) in [6, 6.07) is 3.49. The predicted molar refractivity (Wildman–Crippen MR) is 69.6 cm³/mol. The van der Waals surface area contributed by atoms with Gasteiger partial charge in [0.15, 0.2) is 0 Å². The summed E-state index contributed by atoms with van der Waals surface area (Å²) in [5, 5.41) is 9.30. The molecule has 2 atom stereocenters. The molecular weight excluding hydrogens is 258 g/mol. The van der Waals surface area contributed by atoms with Crippen LogP contribution in [0.15, 0.2) is 12.1 Å². The molecule has 2 rings (SSSR count). The summed E-state index contributed by atoms with van der Waals surface area (Å²) in [6.45, 7) is 3.57. The van der Waals surface area contributed by atoms with Gasteiger partial charge in [-0.1, -0.05) is 18.5 Å². The molecule has 0 spiro atoms. The van der Waals surface area contributed by atoms with E-state index >= 15 is 0 Å². The highest BCUT2D eigenvalue weighted by Crippen LogP contribution is 2.28. The monoisotopic (exact) mass is 273 g/mol. The smallest absolute Gasteiger partial charge is 0.321 e. The number of carboxylic acid groups (broad SMARTS) is 1. The molecule has 1 aromatic rings. The lowest BCUT2D eigenvalue weighted by Crippen LogP contribution is -2.48. The summed E-state index contributed by atoms with van der Waals surface area (Å²) >= 11 is 7.42. The van der Waals surface area contributed by atoms with Crippen LogP contribution in [0.4, 0.5) is 0 Å². The molecule has 1 aromatic heterocycles. The van der Waals surface area contributed by atoms with E-state index in [2.05, 4.69) is 4.90 Å². The fourth-order valence-corrected chi connectivity index (χ4v) is 3.60. The minimum atomic E-state index is -0.708. The van der Waals surface area contributed by atoms with Crippen molar-refractivity contribution in [1.82, 2.24) is 4.90 Å². The van der Waals surface area contributed by atoms with E-state index in [1.54, 1.807) is 0 Å². The van der Waals surface area contributed by atoms with Crippen LogP contribution in [0.3, 0.4) is 0 Å². The molecular formula is C12H16ClNO2S. The van der Waals surface area contributed by atoms with Crippen LogP contribution in [-0.4, -0.2) is 28.6 Å². The van der Waals surface area contributed by atoms with Crippen molar-refractivity contribution in [3.05, 3.63) is 21.3 Å². The van der Waals surface area contributed by atoms with Crippen LogP contribution in [0.2, 0.25) is 4.34 Å². The van der Waals surface area contributed by atoms with Crippen LogP contribution in [0.5, 0.6) is 0 Å². The molecule has 0 bridgehead atoms. The second kappa shape index (κ2) is 5.38. The van der Waals surface area contributed by atoms with Crippen LogP contribution in [0.25, 0.3) is 0 Å². The lowest BCUT2D eigenvalue weighted by Gasteiger charge is -2.36. The SMILES string of the molecule is CC1CCCN(Cc2ccc(Cl)s2)C1C(=O)O. The van der Waals surface area contributed by atoms with Gasteiger partial charge in [0.1, 0.15) is 6.04 Å². The van der Waals surface area contributed by atoms with Gasteiger partial charge in [0.05, 0.1) is 4.34 Å². The summed E-state index contributed by atoms with van der Waals surface area (Å²) in [4.78, 5) is 14.5. The van der Waals surface area contributed by atoms with Crippen LogP contribution < -0.4 is 0 Å². The summed E-state index contributed by atoms with van der Waals surface area (Å²) in [7, 11) is 0. The summed E-state index contributed by atoms with van der Waals surface area (Å²) in [5.74, 6) is -0.489. The molecule has 0 saturated carbocycles. The van der Waals surface area contributed by atoms with E-state index in [0.29, 0.717) is 6.54 Å². The fourth-order valence-electron chi connectivity index (χ4n) is 2.49. The molecule has 1 N–H and O–H groups in total. The molecule has 1 aliphatic heterocycles. The third-order valence-electron chi connectivity index (χ3n) is 3.28. The van der Waals surface area contributed by atoms with Crippen molar-refractivity contribution < 1.29 is 9.90 Å². The van der Waals surface area contributed by atoms with Gasteiger partial charge in [-0.15, -0.1) is 11.3 Å². The van der Waals surface area contributed by atoms with E-state index in [9.17, 15) is 9.90 Å². The molecule has 1 saturated heterocycles. The van der Waals surface area contributed by atoms with Gasteiger partial charge in [0.2, 0.25) is 0 Å². The predicted octanol–water partition coefficient (Wildman–Crippen LogP) is 3.09. The maximum absolute atomic E-state index is 11.3. The Morgan fingerprint density at radius 1 is 1.65 bits per heavy atom. The zero-order valence-corrected chi connectivity index (χ0v) is 11.3. The van der Waals surface area contributed by atoms with E-state index in [1.165, 1.54) is 11.3 Å². The fraction of sp³-hybridized carbons (Fsp3) is 0.583. The summed E-state index contributed by atoms with van der Waals surface area (Å²) in [6.07, 6.45) is 2.07. The van der Waals surface area contributed by atoms with Crippen LogP contribution in [-0.2, 0) is 11.3 Å². The van der Waals surface area contributed by atoms with E-state index < -0.39 is 5.97 Å². The molecule has 17 heavy (non-hydrogen) atoms. The van der Waals surface area contributed by atoms with Crippen molar-refractivity contribution in [2.45, 2.75) is 32.4 Å². The Balaban J connectivity index is 2.09. The van der Waals surface area contributed by atoms with Gasteiger partial charge >= 0.3 is 5.97 Å². The van der Waals surface area contributed by atoms with E-state index in [1.807, 2.05) is 19.1 Å². The number of halogens is 1. The van der Waals surface area contributed by atoms with Gasteiger partial charge in [-0.3, -0.25) is 9.69 Å². The second-order valence-electron chi connectivity index (χ2n) is 4.58. The van der Waals surface area contributed by atoms with E-state index in [0.717, 1.165) is 28.6 Å². The number of hydrogen-bond acceptors (Lipinski definition) is 3. The number of aliphatic carboxylic acids is 1. The molecule has 0 aliphatic carbocycles. The molecule has 0 radical (unpaired) electrons. The quantitative estimate of drug-likeness (QED) is 0.920. The van der Waals surface area contributed by atoms with Gasteiger partial charge in [-0.2, -0.15) is 0 Å². The third-order valence-corrected chi connectivity index (χ3v) is 4.49. The Bertz CT molecular complexity index is 407. The number of likely N-dealkylation sites (tertiary alicyclic amines) is 1. The average molecular weight is 274 g/mol. The van der Waals surface area contributed by atoms with Crippen molar-refractivity contribution in [3.63, 3.8) is 0 Å². The summed E-state index contributed by atoms with van der Waals surface area (Å²) in [5.41, 5.74) is 0. The molecule has 1 aliphatic rings. The van der Waals surface area contributed by atoms with Gasteiger partial charge in [0.25, 0.3) is 0 Å². The maximum Gasteiger partial charge on any atom is 0.321 e. The average Bonchev–Trinajstić information content (AvgIpc) is 2.63. The van der Waals surface area contributed by atoms with Gasteiger partial charge in [0, 0.05) is 11.4 Å². The number of nitrogens with zero attached hydrogens (tertiary/aromatic N) is 1. The van der Waals surface area contributed by atoms with Crippen molar-refractivity contribution in [1.29, 1.82) is 0 Å². The van der Waals surface area contributed by atoms with Crippen molar-refractivity contribution in [2.75, 3.05) is 6.54 Å². The van der Waals surface area contributed by atoms with Gasteiger partial charge in [-0.05, 0) is 37.4 Å². The maximum atomic E-state index is 11.3. The Morgan fingerprint density at radius 3 is 3.00 bits per heavy atom. The molecule has 2 heterocycles. The number of piperidine rings is 1. The normalized spacial score (nSPS) is 26.0.